The Balaban J connectivity index is -0.0000000450. The van der Waals surface area contributed by atoms with E-state index in [9.17, 15) is 0 Å². The summed E-state index contributed by atoms with van der Waals surface area (Å²) in [4.78, 5) is 0. The second kappa shape index (κ2) is 39.4. The molecule has 7 heteroatoms. The predicted molar refractivity (Wildman–Crippen MR) is 54.3 cm³/mol. The summed E-state index contributed by atoms with van der Waals surface area (Å²) in [5, 5.41) is 0. The molecule has 0 aromatic heterocycles. The van der Waals surface area contributed by atoms with E-state index < -0.39 is 0 Å². The molecule has 0 aliphatic rings. The molecule has 1 radical (unpaired) electrons. The van der Waals surface area contributed by atoms with E-state index in [2.05, 4.69) is 0 Å². The molecule has 0 aliphatic heterocycles. The van der Waals surface area contributed by atoms with Gasteiger partial charge in [-0.05, 0) is 0 Å². The number of hydrogen-bond acceptors (Lipinski definition) is 6. The zero-order valence-electron chi connectivity index (χ0n) is 8.04. The van der Waals surface area contributed by atoms with Crippen LogP contribution in [-0.4, -0.2) is 39.3 Å². The summed E-state index contributed by atoms with van der Waals surface area (Å²) < 4.78 is 0. The van der Waals surface area contributed by atoms with Crippen molar-refractivity contribution in [1.29, 1.82) is 0 Å². The smallest absolute Gasteiger partial charge is 0.00461 e. The van der Waals surface area contributed by atoms with Crippen molar-refractivity contribution in [3.8, 4) is 0 Å². The van der Waals surface area contributed by atoms with Crippen LogP contribution in [0.1, 0.15) is 0 Å². The number of nitrogens with two attached hydrogens (primary N) is 6. The average Bonchev–Trinajstić information content (AvgIpc) is 2.18. The van der Waals surface area contributed by atoms with Crippen molar-refractivity contribution in [2.45, 2.75) is 0 Å². The van der Waals surface area contributed by atoms with Crippen LogP contribution in [-0.2, 0) is 19.5 Å². The standard InChI is InChI=1S/3C2H8N2.Rh/c3*3-1-2-4;/h3*1-4H2;. The minimum Gasteiger partial charge on any atom is -0.329 e. The topological polar surface area (TPSA) is 156 Å². The summed E-state index contributed by atoms with van der Waals surface area (Å²) in [6.07, 6.45) is 0. The molecule has 0 aromatic rings. The third-order valence-electron chi connectivity index (χ3n) is 0.500. The van der Waals surface area contributed by atoms with Crippen LogP contribution < -0.4 is 34.4 Å². The Morgan fingerprint density at radius 1 is 0.385 bits per heavy atom. The molecule has 0 spiro atoms. The Labute approximate surface area is 93.5 Å². The Hall–Kier alpha value is 0.383. The van der Waals surface area contributed by atoms with Crippen LogP contribution in [0.25, 0.3) is 0 Å². The molecule has 0 fully saturated rings. The molecular formula is C6H24N6Rh. The van der Waals surface area contributed by atoms with Gasteiger partial charge in [0.1, 0.15) is 0 Å². The van der Waals surface area contributed by atoms with E-state index in [1.807, 2.05) is 0 Å². The van der Waals surface area contributed by atoms with Gasteiger partial charge in [0.2, 0.25) is 0 Å². The molecule has 0 unspecified atom stereocenters. The molecule has 0 amide bonds. The fraction of sp³-hybridized carbons (Fsp3) is 1.00. The summed E-state index contributed by atoms with van der Waals surface area (Å²) in [7, 11) is 0. The van der Waals surface area contributed by atoms with Crippen molar-refractivity contribution in [3.63, 3.8) is 0 Å². The van der Waals surface area contributed by atoms with Crippen molar-refractivity contribution in [1.82, 2.24) is 0 Å². The van der Waals surface area contributed by atoms with Gasteiger partial charge in [-0.25, -0.2) is 0 Å². The molecule has 0 heterocycles. The minimum absolute atomic E-state index is 0. The van der Waals surface area contributed by atoms with Gasteiger partial charge in [0.05, 0.1) is 0 Å². The van der Waals surface area contributed by atoms with Crippen molar-refractivity contribution in [2.24, 2.45) is 34.4 Å². The molecule has 0 aliphatic carbocycles. The SMILES string of the molecule is NCCN.NCCN.NCCN.[Rh]. The largest absolute Gasteiger partial charge is 0.329 e. The summed E-state index contributed by atoms with van der Waals surface area (Å²) in [5.41, 5.74) is 29.4. The maximum absolute atomic E-state index is 4.90. The molecule has 0 bridgehead atoms. The summed E-state index contributed by atoms with van der Waals surface area (Å²) in [6.45, 7) is 3.58. The van der Waals surface area contributed by atoms with Gasteiger partial charge >= 0.3 is 0 Å². The molecule has 87 valence electrons. The first-order chi connectivity index (χ1) is 5.74. The molecule has 0 atom stereocenters. The Kier molecular flexibility index (Phi) is 70.6. The fourth-order valence-corrected chi connectivity index (χ4v) is 0. The maximum atomic E-state index is 4.90. The third-order valence-corrected chi connectivity index (χ3v) is 0.500. The first kappa shape index (κ1) is 23.3. The van der Waals surface area contributed by atoms with Crippen LogP contribution in [0, 0.1) is 0 Å². The first-order valence-electron chi connectivity index (χ1n) is 3.95. The van der Waals surface area contributed by atoms with Gasteiger partial charge in [-0.2, -0.15) is 0 Å². The number of hydrogen-bond donors (Lipinski definition) is 6. The maximum Gasteiger partial charge on any atom is 0.00461 e. The van der Waals surface area contributed by atoms with E-state index in [-0.39, 0.29) is 19.5 Å². The summed E-state index contributed by atoms with van der Waals surface area (Å²) in [6, 6.07) is 0. The van der Waals surface area contributed by atoms with Gasteiger partial charge in [0, 0.05) is 58.7 Å². The normalized spacial score (nSPS) is 6.92. The van der Waals surface area contributed by atoms with Crippen LogP contribution in [0.4, 0.5) is 0 Å². The van der Waals surface area contributed by atoms with Crippen molar-refractivity contribution in [2.75, 3.05) is 39.3 Å². The predicted octanol–water partition coefficient (Wildman–Crippen LogP) is -3.29. The molecule has 0 rings (SSSR count). The van der Waals surface area contributed by atoms with E-state index in [0.717, 1.165) is 0 Å². The van der Waals surface area contributed by atoms with E-state index in [1.54, 1.807) is 0 Å². The van der Waals surface area contributed by atoms with Crippen LogP contribution in [0.15, 0.2) is 0 Å². The molecule has 12 N–H and O–H groups in total. The quantitative estimate of drug-likeness (QED) is 0.298. The van der Waals surface area contributed by atoms with Gasteiger partial charge in [-0.1, -0.05) is 0 Å². The molecule has 6 nitrogen and oxygen atoms in total. The van der Waals surface area contributed by atoms with Crippen LogP contribution in [0.3, 0.4) is 0 Å². The molecule has 0 saturated heterocycles. The van der Waals surface area contributed by atoms with Crippen LogP contribution in [0.5, 0.6) is 0 Å². The Morgan fingerprint density at radius 2 is 0.462 bits per heavy atom. The fourth-order valence-electron chi connectivity index (χ4n) is 0. The van der Waals surface area contributed by atoms with Gasteiger partial charge in [0.25, 0.3) is 0 Å². The minimum atomic E-state index is 0. The summed E-state index contributed by atoms with van der Waals surface area (Å²) in [5.74, 6) is 0. The summed E-state index contributed by atoms with van der Waals surface area (Å²) >= 11 is 0. The monoisotopic (exact) mass is 283 g/mol. The van der Waals surface area contributed by atoms with Gasteiger partial charge in [-0.15, -0.1) is 0 Å². The van der Waals surface area contributed by atoms with Crippen molar-refractivity contribution < 1.29 is 19.5 Å². The zero-order valence-corrected chi connectivity index (χ0v) is 9.68. The number of rotatable bonds is 3. The van der Waals surface area contributed by atoms with Crippen molar-refractivity contribution in [3.05, 3.63) is 0 Å². The zero-order chi connectivity index (χ0) is 10.2. The van der Waals surface area contributed by atoms with E-state index in [0.29, 0.717) is 39.3 Å². The molecule has 13 heavy (non-hydrogen) atoms. The Morgan fingerprint density at radius 3 is 0.462 bits per heavy atom. The molecule has 0 aromatic carbocycles. The van der Waals surface area contributed by atoms with Crippen LogP contribution >= 0.6 is 0 Å². The van der Waals surface area contributed by atoms with Crippen molar-refractivity contribution >= 4 is 0 Å². The van der Waals surface area contributed by atoms with Crippen LogP contribution in [0.2, 0.25) is 0 Å². The first-order valence-corrected chi connectivity index (χ1v) is 3.95. The molecule has 0 saturated carbocycles. The van der Waals surface area contributed by atoms with Gasteiger partial charge in [-0.3, -0.25) is 0 Å². The van der Waals surface area contributed by atoms with E-state index in [4.69, 9.17) is 34.4 Å². The van der Waals surface area contributed by atoms with E-state index in [1.165, 1.54) is 0 Å². The van der Waals surface area contributed by atoms with Gasteiger partial charge in [0.15, 0.2) is 0 Å². The van der Waals surface area contributed by atoms with Gasteiger partial charge < -0.3 is 34.4 Å². The van der Waals surface area contributed by atoms with E-state index >= 15 is 0 Å². The third kappa shape index (κ3) is 117. The second-order valence-corrected chi connectivity index (χ2v) is 1.73. The molecular weight excluding hydrogens is 259 g/mol. The Bertz CT molecular complexity index is 32.6. The average molecular weight is 283 g/mol. The second-order valence-electron chi connectivity index (χ2n) is 1.73.